The van der Waals surface area contributed by atoms with Crippen molar-refractivity contribution >= 4 is 0 Å². The number of nitrogens with one attached hydrogen (secondary N) is 1. The molecular formula is C16H27NO3. The molecule has 0 saturated heterocycles. The van der Waals surface area contributed by atoms with Gasteiger partial charge in [0, 0.05) is 6.54 Å². The summed E-state index contributed by atoms with van der Waals surface area (Å²) in [6.07, 6.45) is 0.669. The van der Waals surface area contributed by atoms with Gasteiger partial charge in [-0.2, -0.15) is 0 Å². The van der Waals surface area contributed by atoms with E-state index < -0.39 is 6.10 Å². The normalized spacial score (nSPS) is 14.1. The van der Waals surface area contributed by atoms with Gasteiger partial charge in [0.1, 0.15) is 18.5 Å². The number of rotatable bonds is 9. The van der Waals surface area contributed by atoms with Crippen LogP contribution in [0.1, 0.15) is 30.9 Å². The molecule has 0 radical (unpaired) electrons. The third-order valence-electron chi connectivity index (χ3n) is 3.14. The van der Waals surface area contributed by atoms with E-state index in [0.29, 0.717) is 19.5 Å². The Hall–Kier alpha value is -1.10. The Morgan fingerprint density at radius 1 is 1.10 bits per heavy atom. The molecule has 0 aromatic heterocycles. The van der Waals surface area contributed by atoms with Crippen LogP contribution in [0.25, 0.3) is 0 Å². The van der Waals surface area contributed by atoms with Crippen LogP contribution in [0, 0.1) is 13.8 Å². The van der Waals surface area contributed by atoms with Gasteiger partial charge >= 0.3 is 0 Å². The number of hydrogen-bond donors (Lipinski definition) is 3. The first-order chi connectivity index (χ1) is 9.51. The van der Waals surface area contributed by atoms with E-state index in [1.807, 2.05) is 32.9 Å². The standard InChI is InChI=1S/C16H27NO3/c1-4-14(18)5-6-17-10-15(19)11-20-16-8-12(2)7-13(3)9-16/h7-9,14-15,17-19H,4-6,10-11H2,1-3H3. The summed E-state index contributed by atoms with van der Waals surface area (Å²) >= 11 is 0. The Morgan fingerprint density at radius 2 is 1.75 bits per heavy atom. The monoisotopic (exact) mass is 281 g/mol. The van der Waals surface area contributed by atoms with Crippen LogP contribution in [0.15, 0.2) is 18.2 Å². The zero-order chi connectivity index (χ0) is 15.0. The number of benzene rings is 1. The minimum atomic E-state index is -0.547. The van der Waals surface area contributed by atoms with E-state index in [4.69, 9.17) is 4.74 Å². The van der Waals surface area contributed by atoms with Gasteiger partial charge in [0.15, 0.2) is 0 Å². The Morgan fingerprint density at radius 3 is 2.35 bits per heavy atom. The molecule has 114 valence electrons. The minimum Gasteiger partial charge on any atom is -0.491 e. The largest absolute Gasteiger partial charge is 0.491 e. The fraction of sp³-hybridized carbons (Fsp3) is 0.625. The van der Waals surface area contributed by atoms with Crippen molar-refractivity contribution in [2.45, 2.75) is 45.8 Å². The van der Waals surface area contributed by atoms with Crippen molar-refractivity contribution in [3.8, 4) is 5.75 Å². The summed E-state index contributed by atoms with van der Waals surface area (Å²) in [6.45, 7) is 7.45. The molecule has 0 bridgehead atoms. The highest BCUT2D eigenvalue weighted by molar-refractivity contribution is 5.32. The molecule has 2 unspecified atom stereocenters. The molecule has 0 saturated carbocycles. The molecule has 1 aromatic rings. The Bertz CT molecular complexity index is 375. The van der Waals surface area contributed by atoms with Gasteiger partial charge in [0.25, 0.3) is 0 Å². The third-order valence-corrected chi connectivity index (χ3v) is 3.14. The lowest BCUT2D eigenvalue weighted by Crippen LogP contribution is -2.33. The zero-order valence-electron chi connectivity index (χ0n) is 12.7. The summed E-state index contributed by atoms with van der Waals surface area (Å²) in [7, 11) is 0. The van der Waals surface area contributed by atoms with E-state index in [0.717, 1.165) is 23.3 Å². The van der Waals surface area contributed by atoms with Gasteiger partial charge in [-0.15, -0.1) is 0 Å². The van der Waals surface area contributed by atoms with Crippen LogP contribution in [0.5, 0.6) is 5.75 Å². The first-order valence-electron chi connectivity index (χ1n) is 7.29. The molecular weight excluding hydrogens is 254 g/mol. The van der Waals surface area contributed by atoms with Crippen LogP contribution in [-0.2, 0) is 0 Å². The molecule has 0 aliphatic carbocycles. The first kappa shape index (κ1) is 17.0. The average Bonchev–Trinajstić information content (AvgIpc) is 2.40. The highest BCUT2D eigenvalue weighted by Gasteiger charge is 2.06. The first-order valence-corrected chi connectivity index (χ1v) is 7.29. The smallest absolute Gasteiger partial charge is 0.119 e. The molecule has 4 heteroatoms. The van der Waals surface area contributed by atoms with Gasteiger partial charge in [-0.1, -0.05) is 13.0 Å². The number of ether oxygens (including phenoxy) is 1. The van der Waals surface area contributed by atoms with Crippen molar-refractivity contribution in [1.29, 1.82) is 0 Å². The van der Waals surface area contributed by atoms with E-state index in [-0.39, 0.29) is 12.7 Å². The van der Waals surface area contributed by atoms with E-state index in [1.54, 1.807) is 0 Å². The number of hydrogen-bond acceptors (Lipinski definition) is 4. The SMILES string of the molecule is CCC(O)CCNCC(O)COc1cc(C)cc(C)c1. The van der Waals surface area contributed by atoms with Gasteiger partial charge in [-0.25, -0.2) is 0 Å². The predicted molar refractivity (Wildman–Crippen MR) is 81.2 cm³/mol. The summed E-state index contributed by atoms with van der Waals surface area (Å²) in [6, 6.07) is 6.01. The van der Waals surface area contributed by atoms with Crippen molar-refractivity contribution in [3.05, 3.63) is 29.3 Å². The molecule has 4 nitrogen and oxygen atoms in total. The predicted octanol–water partition coefficient (Wildman–Crippen LogP) is 1.79. The summed E-state index contributed by atoms with van der Waals surface area (Å²) in [4.78, 5) is 0. The van der Waals surface area contributed by atoms with Crippen LogP contribution in [0.2, 0.25) is 0 Å². The second-order valence-corrected chi connectivity index (χ2v) is 5.34. The lowest BCUT2D eigenvalue weighted by atomic mass is 10.1. The van der Waals surface area contributed by atoms with E-state index in [9.17, 15) is 10.2 Å². The number of aliphatic hydroxyl groups is 2. The lowest BCUT2D eigenvalue weighted by Gasteiger charge is -2.15. The van der Waals surface area contributed by atoms with Crippen LogP contribution in [0.4, 0.5) is 0 Å². The number of aryl methyl sites for hydroxylation is 2. The quantitative estimate of drug-likeness (QED) is 0.604. The molecule has 1 aromatic carbocycles. The zero-order valence-corrected chi connectivity index (χ0v) is 12.7. The lowest BCUT2D eigenvalue weighted by molar-refractivity contribution is 0.104. The molecule has 0 aliphatic rings. The fourth-order valence-electron chi connectivity index (χ4n) is 2.01. The molecule has 1 rings (SSSR count). The Labute approximate surface area is 121 Å². The van der Waals surface area contributed by atoms with E-state index in [2.05, 4.69) is 11.4 Å². The molecule has 3 N–H and O–H groups in total. The van der Waals surface area contributed by atoms with E-state index in [1.165, 1.54) is 0 Å². The molecule has 0 aliphatic heterocycles. The van der Waals surface area contributed by atoms with Gasteiger partial charge in [0.2, 0.25) is 0 Å². The minimum absolute atomic E-state index is 0.258. The molecule has 0 spiro atoms. The number of aliphatic hydroxyl groups excluding tert-OH is 2. The Balaban J connectivity index is 2.21. The van der Waals surface area contributed by atoms with Gasteiger partial charge in [-0.3, -0.25) is 0 Å². The van der Waals surface area contributed by atoms with Crippen molar-refractivity contribution in [3.63, 3.8) is 0 Å². The summed E-state index contributed by atoms with van der Waals surface area (Å²) in [5.74, 6) is 0.794. The molecule has 20 heavy (non-hydrogen) atoms. The molecule has 0 fully saturated rings. The molecule has 2 atom stereocenters. The highest BCUT2D eigenvalue weighted by Crippen LogP contribution is 2.16. The summed E-state index contributed by atoms with van der Waals surface area (Å²) in [5.41, 5.74) is 2.31. The topological polar surface area (TPSA) is 61.7 Å². The van der Waals surface area contributed by atoms with Gasteiger partial charge in [0.05, 0.1) is 6.10 Å². The summed E-state index contributed by atoms with van der Waals surface area (Å²) < 4.78 is 5.59. The van der Waals surface area contributed by atoms with Crippen molar-refractivity contribution < 1.29 is 14.9 Å². The van der Waals surface area contributed by atoms with Gasteiger partial charge < -0.3 is 20.3 Å². The Kier molecular flexibility index (Phi) is 7.59. The molecule has 0 amide bonds. The second kappa shape index (κ2) is 8.95. The van der Waals surface area contributed by atoms with Crippen LogP contribution >= 0.6 is 0 Å². The maximum absolute atomic E-state index is 9.82. The maximum atomic E-state index is 9.82. The second-order valence-electron chi connectivity index (χ2n) is 5.34. The molecule has 0 heterocycles. The fourth-order valence-corrected chi connectivity index (χ4v) is 2.01. The van der Waals surface area contributed by atoms with Crippen molar-refractivity contribution in [2.24, 2.45) is 0 Å². The van der Waals surface area contributed by atoms with Crippen molar-refractivity contribution in [1.82, 2.24) is 5.32 Å². The highest BCUT2D eigenvalue weighted by atomic mass is 16.5. The van der Waals surface area contributed by atoms with Crippen molar-refractivity contribution in [2.75, 3.05) is 19.7 Å². The van der Waals surface area contributed by atoms with Crippen LogP contribution in [0.3, 0.4) is 0 Å². The third kappa shape index (κ3) is 6.89. The van der Waals surface area contributed by atoms with Gasteiger partial charge in [-0.05, 0) is 56.5 Å². The summed E-state index contributed by atoms with van der Waals surface area (Å²) in [5, 5.41) is 22.3. The van der Waals surface area contributed by atoms with Crippen LogP contribution in [-0.4, -0.2) is 42.1 Å². The maximum Gasteiger partial charge on any atom is 0.119 e. The average molecular weight is 281 g/mol. The van der Waals surface area contributed by atoms with E-state index >= 15 is 0 Å². The van der Waals surface area contributed by atoms with Crippen LogP contribution < -0.4 is 10.1 Å².